The van der Waals surface area contributed by atoms with Crippen molar-refractivity contribution in [1.29, 1.82) is 0 Å². The van der Waals surface area contributed by atoms with Crippen LogP contribution in [0.5, 0.6) is 0 Å². The third kappa shape index (κ3) is 4.06. The Morgan fingerprint density at radius 2 is 2.00 bits per heavy atom. The molecule has 0 radical (unpaired) electrons. The van der Waals surface area contributed by atoms with E-state index >= 15 is 0 Å². The molecule has 2 heterocycles. The number of sulfonamides is 1. The molecule has 0 atom stereocenters. The molecule has 124 valence electrons. The molecule has 1 fully saturated rings. The van der Waals surface area contributed by atoms with E-state index in [1.807, 2.05) is 12.3 Å². The molecule has 22 heavy (non-hydrogen) atoms. The molecule has 0 unspecified atom stereocenters. The van der Waals surface area contributed by atoms with Gasteiger partial charge in [-0.05, 0) is 31.4 Å². The Morgan fingerprint density at radius 1 is 1.32 bits per heavy atom. The maximum absolute atomic E-state index is 12.2. The van der Waals surface area contributed by atoms with E-state index in [0.29, 0.717) is 25.0 Å². The van der Waals surface area contributed by atoms with Crippen LogP contribution in [0.1, 0.15) is 33.3 Å². The van der Waals surface area contributed by atoms with Crippen molar-refractivity contribution in [3.8, 4) is 0 Å². The Kier molecular flexibility index (Phi) is 5.58. The number of nitrogens with zero attached hydrogens (tertiary/aromatic N) is 3. The van der Waals surface area contributed by atoms with Gasteiger partial charge in [0.1, 0.15) is 0 Å². The fourth-order valence-corrected chi connectivity index (χ4v) is 4.05. The Bertz CT molecular complexity index is 566. The van der Waals surface area contributed by atoms with Crippen molar-refractivity contribution in [3.63, 3.8) is 0 Å². The van der Waals surface area contributed by atoms with Gasteiger partial charge in [0.2, 0.25) is 10.0 Å². The molecule has 1 aliphatic rings. The largest absolute Gasteiger partial charge is 0.293 e. The first-order valence-corrected chi connectivity index (χ1v) is 9.43. The van der Waals surface area contributed by atoms with E-state index in [9.17, 15) is 8.42 Å². The van der Waals surface area contributed by atoms with Gasteiger partial charge >= 0.3 is 0 Å². The highest BCUT2D eigenvalue weighted by atomic mass is 32.2. The highest BCUT2D eigenvalue weighted by molar-refractivity contribution is 7.89. The lowest BCUT2D eigenvalue weighted by Gasteiger charge is -2.45. The molecule has 0 aromatic carbocycles. The van der Waals surface area contributed by atoms with Crippen molar-refractivity contribution in [2.75, 3.05) is 19.6 Å². The van der Waals surface area contributed by atoms with Crippen LogP contribution >= 0.6 is 0 Å². The van der Waals surface area contributed by atoms with Gasteiger partial charge < -0.3 is 0 Å². The summed E-state index contributed by atoms with van der Waals surface area (Å²) in [6, 6.07) is 4.32. The number of pyridine rings is 1. The van der Waals surface area contributed by atoms with Crippen LogP contribution in [0.15, 0.2) is 24.5 Å². The van der Waals surface area contributed by atoms with Crippen molar-refractivity contribution in [2.45, 2.75) is 45.5 Å². The average molecular weight is 325 g/mol. The normalized spacial score (nSPS) is 17.4. The molecule has 0 bridgehead atoms. The maximum Gasteiger partial charge on any atom is 0.216 e. The number of rotatable bonds is 7. The van der Waals surface area contributed by atoms with Gasteiger partial charge in [0.25, 0.3) is 0 Å². The summed E-state index contributed by atoms with van der Waals surface area (Å²) in [5.74, 6) is 0.549. The second-order valence-electron chi connectivity index (χ2n) is 6.75. The predicted octanol–water partition coefficient (Wildman–Crippen LogP) is 1.96. The van der Waals surface area contributed by atoms with Gasteiger partial charge in [-0.2, -0.15) is 4.31 Å². The minimum Gasteiger partial charge on any atom is -0.293 e. The van der Waals surface area contributed by atoms with Crippen LogP contribution in [0, 0.1) is 5.92 Å². The Balaban J connectivity index is 2.00. The lowest BCUT2D eigenvalue weighted by atomic mass is 10.1. The highest BCUT2D eigenvalue weighted by Crippen LogP contribution is 2.23. The van der Waals surface area contributed by atoms with Gasteiger partial charge in [-0.25, -0.2) is 8.42 Å². The van der Waals surface area contributed by atoms with Gasteiger partial charge in [0.15, 0.2) is 0 Å². The third-order valence-corrected chi connectivity index (χ3v) is 6.22. The topological polar surface area (TPSA) is 53.5 Å². The van der Waals surface area contributed by atoms with Crippen molar-refractivity contribution in [3.05, 3.63) is 30.1 Å². The van der Waals surface area contributed by atoms with E-state index in [-0.39, 0.29) is 5.25 Å². The van der Waals surface area contributed by atoms with Gasteiger partial charge in [0.05, 0.1) is 5.25 Å². The Labute approximate surface area is 134 Å². The number of hydrogen-bond acceptors (Lipinski definition) is 4. The van der Waals surface area contributed by atoms with Crippen LogP contribution in [-0.4, -0.2) is 53.5 Å². The first-order valence-electron chi connectivity index (χ1n) is 7.92. The molecule has 2 rings (SSSR count). The summed E-state index contributed by atoms with van der Waals surface area (Å²) in [6.45, 7) is 10.9. The summed E-state index contributed by atoms with van der Waals surface area (Å²) < 4.78 is 25.9. The molecule has 1 aliphatic heterocycles. The first kappa shape index (κ1) is 17.4. The average Bonchev–Trinajstić information content (AvgIpc) is 2.36. The van der Waals surface area contributed by atoms with Crippen LogP contribution in [0.4, 0.5) is 0 Å². The monoisotopic (exact) mass is 325 g/mol. The standard InChI is InChI=1S/C16H27N3O2S/c1-13(2)9-18(10-15-6-5-7-17-8-15)16-11-19(12-16)22(20,21)14(3)4/h5-8,13-14,16H,9-12H2,1-4H3. The molecular weight excluding hydrogens is 298 g/mol. The van der Waals surface area contributed by atoms with E-state index < -0.39 is 10.0 Å². The van der Waals surface area contributed by atoms with Crippen LogP contribution in [0.25, 0.3) is 0 Å². The van der Waals surface area contributed by atoms with Crippen molar-refractivity contribution in [1.82, 2.24) is 14.2 Å². The maximum atomic E-state index is 12.2. The molecule has 1 aromatic heterocycles. The molecule has 0 N–H and O–H groups in total. The van der Waals surface area contributed by atoms with E-state index in [1.54, 1.807) is 24.3 Å². The smallest absolute Gasteiger partial charge is 0.216 e. The SMILES string of the molecule is CC(C)CN(Cc1cccnc1)C1CN(S(=O)(=O)C(C)C)C1. The summed E-state index contributed by atoms with van der Waals surface area (Å²) in [5.41, 5.74) is 1.17. The Morgan fingerprint density at radius 3 is 2.50 bits per heavy atom. The van der Waals surface area contributed by atoms with E-state index in [1.165, 1.54) is 5.56 Å². The van der Waals surface area contributed by atoms with Crippen molar-refractivity contribution >= 4 is 10.0 Å². The fraction of sp³-hybridized carbons (Fsp3) is 0.688. The van der Waals surface area contributed by atoms with Gasteiger partial charge in [0, 0.05) is 44.6 Å². The van der Waals surface area contributed by atoms with E-state index in [4.69, 9.17) is 0 Å². The predicted molar refractivity (Wildman–Crippen MR) is 88.9 cm³/mol. The first-order chi connectivity index (χ1) is 10.3. The molecule has 0 spiro atoms. The van der Waals surface area contributed by atoms with Crippen molar-refractivity contribution < 1.29 is 8.42 Å². The second kappa shape index (κ2) is 7.06. The summed E-state index contributed by atoms with van der Waals surface area (Å²) in [5, 5.41) is -0.342. The zero-order valence-electron chi connectivity index (χ0n) is 13.9. The molecule has 1 saturated heterocycles. The molecule has 5 nitrogen and oxygen atoms in total. The minimum atomic E-state index is -3.11. The summed E-state index contributed by atoms with van der Waals surface area (Å²) in [4.78, 5) is 6.55. The lowest BCUT2D eigenvalue weighted by Crippen LogP contribution is -2.62. The third-order valence-electron chi connectivity index (χ3n) is 4.01. The molecule has 6 heteroatoms. The Hall–Kier alpha value is -0.980. The summed E-state index contributed by atoms with van der Waals surface area (Å²) in [7, 11) is -3.11. The molecule has 0 amide bonds. The molecular formula is C16H27N3O2S. The quantitative estimate of drug-likeness (QED) is 0.769. The van der Waals surface area contributed by atoms with Crippen molar-refractivity contribution in [2.24, 2.45) is 5.92 Å². The zero-order valence-corrected chi connectivity index (χ0v) is 14.8. The summed E-state index contributed by atoms with van der Waals surface area (Å²) in [6.07, 6.45) is 3.66. The van der Waals surface area contributed by atoms with Crippen LogP contribution in [0.2, 0.25) is 0 Å². The highest BCUT2D eigenvalue weighted by Gasteiger charge is 2.40. The molecule has 0 saturated carbocycles. The number of aromatic nitrogens is 1. The minimum absolute atomic E-state index is 0.302. The van der Waals surface area contributed by atoms with E-state index in [0.717, 1.165) is 13.1 Å². The number of hydrogen-bond donors (Lipinski definition) is 0. The molecule has 1 aromatic rings. The van der Waals surface area contributed by atoms with Crippen LogP contribution < -0.4 is 0 Å². The zero-order chi connectivity index (χ0) is 16.3. The lowest BCUT2D eigenvalue weighted by molar-refractivity contribution is 0.0708. The van der Waals surface area contributed by atoms with Gasteiger partial charge in [-0.3, -0.25) is 9.88 Å². The second-order valence-corrected chi connectivity index (χ2v) is 9.24. The summed E-state index contributed by atoms with van der Waals surface area (Å²) >= 11 is 0. The van der Waals surface area contributed by atoms with Gasteiger partial charge in [-0.15, -0.1) is 0 Å². The molecule has 0 aliphatic carbocycles. The van der Waals surface area contributed by atoms with Crippen LogP contribution in [-0.2, 0) is 16.6 Å². The van der Waals surface area contributed by atoms with E-state index in [2.05, 4.69) is 29.8 Å². The van der Waals surface area contributed by atoms with Crippen LogP contribution in [0.3, 0.4) is 0 Å². The van der Waals surface area contributed by atoms with Gasteiger partial charge in [-0.1, -0.05) is 19.9 Å². The fourth-order valence-electron chi connectivity index (χ4n) is 2.69.